The highest BCUT2D eigenvalue weighted by Crippen LogP contribution is 2.25. The minimum atomic E-state index is -0.596. The van der Waals surface area contributed by atoms with Crippen molar-refractivity contribution >= 4 is 6.09 Å². The van der Waals surface area contributed by atoms with E-state index >= 15 is 0 Å². The molecule has 1 fully saturated rings. The third kappa shape index (κ3) is 4.38. The third-order valence-electron chi connectivity index (χ3n) is 4.10. The van der Waals surface area contributed by atoms with Crippen molar-refractivity contribution in [3.05, 3.63) is 69.0 Å². The topological polar surface area (TPSA) is 128 Å². The molecule has 3 atom stereocenters. The Bertz CT molecular complexity index is 863. The second-order valence-corrected chi connectivity index (χ2v) is 5.99. The Kier molecular flexibility index (Phi) is 5.49. The number of aromatic amines is 1. The van der Waals surface area contributed by atoms with Gasteiger partial charge in [0.2, 0.25) is 0 Å². The van der Waals surface area contributed by atoms with Crippen LogP contribution in [0.3, 0.4) is 0 Å². The Morgan fingerprint density at radius 2 is 2.08 bits per heavy atom. The summed E-state index contributed by atoms with van der Waals surface area (Å²) < 4.78 is 12.1. The molecule has 1 aliphatic rings. The van der Waals surface area contributed by atoms with Gasteiger partial charge in [-0.3, -0.25) is 14.3 Å². The number of nitrogens with zero attached hydrogens (tertiary/aromatic N) is 1. The number of aromatic nitrogens is 2. The first kappa shape index (κ1) is 17.9. The molecular weight excluding hydrogens is 340 g/mol. The lowest BCUT2D eigenvalue weighted by atomic mass is 10.1. The first-order valence-electron chi connectivity index (χ1n) is 8.20. The first-order chi connectivity index (χ1) is 12.5. The predicted molar refractivity (Wildman–Crippen MR) is 92.5 cm³/mol. The van der Waals surface area contributed by atoms with Crippen molar-refractivity contribution < 1.29 is 14.3 Å². The molecule has 0 aliphatic carbocycles. The summed E-state index contributed by atoms with van der Waals surface area (Å²) in [6.07, 6.45) is 0.110. The van der Waals surface area contributed by atoms with Crippen molar-refractivity contribution in [2.75, 3.05) is 6.54 Å². The van der Waals surface area contributed by atoms with Crippen molar-refractivity contribution in [2.45, 2.75) is 31.4 Å². The van der Waals surface area contributed by atoms with Crippen LogP contribution in [-0.4, -0.2) is 34.3 Å². The maximum absolute atomic E-state index is 11.8. The Balaban J connectivity index is 1.50. The molecule has 0 radical (unpaired) electrons. The number of alkyl carbamates (subject to hydrolysis) is 1. The van der Waals surface area contributed by atoms with Gasteiger partial charge in [0.25, 0.3) is 5.56 Å². The van der Waals surface area contributed by atoms with Gasteiger partial charge in [-0.25, -0.2) is 9.59 Å². The second-order valence-electron chi connectivity index (χ2n) is 5.99. The van der Waals surface area contributed by atoms with Gasteiger partial charge in [-0.2, -0.15) is 0 Å². The monoisotopic (exact) mass is 360 g/mol. The number of H-pyrrole nitrogens is 1. The van der Waals surface area contributed by atoms with Crippen molar-refractivity contribution in [3.63, 3.8) is 0 Å². The molecule has 2 aromatic rings. The Hall–Kier alpha value is -2.91. The molecule has 9 nitrogen and oxygen atoms in total. The van der Waals surface area contributed by atoms with E-state index in [1.165, 1.54) is 16.8 Å². The van der Waals surface area contributed by atoms with E-state index in [1.54, 1.807) is 0 Å². The van der Waals surface area contributed by atoms with Crippen LogP contribution in [0.1, 0.15) is 18.2 Å². The molecule has 26 heavy (non-hydrogen) atoms. The second kappa shape index (κ2) is 7.98. The molecule has 0 bridgehead atoms. The van der Waals surface area contributed by atoms with Crippen LogP contribution in [0, 0.1) is 0 Å². The molecule has 1 aromatic carbocycles. The normalized spacial score (nSPS) is 22.1. The summed E-state index contributed by atoms with van der Waals surface area (Å²) in [6, 6.07) is 10.2. The van der Waals surface area contributed by atoms with Crippen molar-refractivity contribution in [1.29, 1.82) is 0 Å². The first-order valence-corrected chi connectivity index (χ1v) is 8.20. The summed E-state index contributed by atoms with van der Waals surface area (Å²) in [4.78, 5) is 36.9. The minimum absolute atomic E-state index is 0.156. The van der Waals surface area contributed by atoms with E-state index in [9.17, 15) is 14.4 Å². The molecule has 1 amide bonds. The van der Waals surface area contributed by atoms with Gasteiger partial charge >= 0.3 is 11.8 Å². The molecule has 0 unspecified atom stereocenters. The lowest BCUT2D eigenvalue weighted by molar-refractivity contribution is -0.00226. The van der Waals surface area contributed by atoms with Crippen LogP contribution in [0.5, 0.6) is 0 Å². The zero-order valence-electron chi connectivity index (χ0n) is 14.0. The molecule has 2 heterocycles. The number of carbonyl (C=O) groups is 1. The van der Waals surface area contributed by atoms with Gasteiger partial charge in [-0.1, -0.05) is 30.3 Å². The zero-order valence-corrected chi connectivity index (χ0v) is 14.0. The fourth-order valence-electron chi connectivity index (χ4n) is 2.73. The number of nitrogens with two attached hydrogens (primary N) is 1. The smallest absolute Gasteiger partial charge is 0.407 e. The number of ether oxygens (including phenoxy) is 2. The Labute approximate surface area is 148 Å². The fourth-order valence-corrected chi connectivity index (χ4v) is 2.73. The van der Waals surface area contributed by atoms with Crippen molar-refractivity contribution in [2.24, 2.45) is 5.73 Å². The lowest BCUT2D eigenvalue weighted by Gasteiger charge is -2.17. The Morgan fingerprint density at radius 3 is 2.81 bits per heavy atom. The summed E-state index contributed by atoms with van der Waals surface area (Å²) in [5, 5.41) is 2.61. The van der Waals surface area contributed by atoms with Crippen molar-refractivity contribution in [1.82, 2.24) is 14.9 Å². The minimum Gasteiger partial charge on any atom is -0.445 e. The molecule has 0 saturated carbocycles. The van der Waals surface area contributed by atoms with Crippen LogP contribution in [-0.2, 0) is 16.1 Å². The molecular formula is C17H20N4O5. The van der Waals surface area contributed by atoms with Gasteiger partial charge in [-0.15, -0.1) is 0 Å². The standard InChI is InChI=1S/C17H20N4O5/c18-12-8-15(21-7-6-14(22)20-16(21)23)26-13(12)9-19-17(24)25-10-11-4-2-1-3-5-11/h1-7,12-13,15H,8-10,18H2,(H,19,24)(H,20,22,23)/t12-,13+,15+/m0/s1. The molecule has 1 saturated heterocycles. The van der Waals surface area contributed by atoms with E-state index in [0.29, 0.717) is 6.42 Å². The van der Waals surface area contributed by atoms with E-state index in [4.69, 9.17) is 15.2 Å². The van der Waals surface area contributed by atoms with Gasteiger partial charge in [0, 0.05) is 31.3 Å². The highest BCUT2D eigenvalue weighted by Gasteiger charge is 2.34. The number of hydrogen-bond donors (Lipinski definition) is 3. The number of benzene rings is 1. The van der Waals surface area contributed by atoms with Gasteiger partial charge < -0.3 is 20.5 Å². The molecule has 9 heteroatoms. The largest absolute Gasteiger partial charge is 0.445 e. The number of hydrogen-bond acceptors (Lipinski definition) is 6. The number of nitrogens with one attached hydrogen (secondary N) is 2. The average molecular weight is 360 g/mol. The van der Waals surface area contributed by atoms with Crippen LogP contribution >= 0.6 is 0 Å². The molecule has 4 N–H and O–H groups in total. The maximum atomic E-state index is 11.8. The van der Waals surface area contributed by atoms with E-state index in [-0.39, 0.29) is 19.2 Å². The molecule has 0 spiro atoms. The van der Waals surface area contributed by atoms with Gasteiger partial charge in [0.1, 0.15) is 12.8 Å². The fraction of sp³-hybridized carbons (Fsp3) is 0.353. The van der Waals surface area contributed by atoms with E-state index in [2.05, 4.69) is 10.3 Å². The number of rotatable bonds is 5. The van der Waals surface area contributed by atoms with Crippen LogP contribution in [0.2, 0.25) is 0 Å². The molecule has 3 rings (SSSR count). The van der Waals surface area contributed by atoms with E-state index < -0.39 is 29.7 Å². The predicted octanol–water partition coefficient (Wildman–Crippen LogP) is 0.0778. The van der Waals surface area contributed by atoms with E-state index in [0.717, 1.165) is 5.56 Å². The Morgan fingerprint density at radius 1 is 1.31 bits per heavy atom. The van der Waals surface area contributed by atoms with Crippen LogP contribution in [0.25, 0.3) is 0 Å². The number of carbonyl (C=O) groups excluding carboxylic acids is 1. The average Bonchev–Trinajstić information content (AvgIpc) is 2.99. The summed E-state index contributed by atoms with van der Waals surface area (Å²) >= 11 is 0. The molecule has 1 aliphatic heterocycles. The van der Waals surface area contributed by atoms with Crippen LogP contribution < -0.4 is 22.3 Å². The lowest BCUT2D eigenvalue weighted by Crippen LogP contribution is -2.40. The van der Waals surface area contributed by atoms with Gasteiger partial charge in [0.05, 0.1) is 6.10 Å². The highest BCUT2D eigenvalue weighted by molar-refractivity contribution is 5.67. The maximum Gasteiger partial charge on any atom is 0.407 e. The quantitative estimate of drug-likeness (QED) is 0.692. The van der Waals surface area contributed by atoms with E-state index in [1.807, 2.05) is 30.3 Å². The summed E-state index contributed by atoms with van der Waals surface area (Å²) in [5.74, 6) is 0. The summed E-state index contributed by atoms with van der Waals surface area (Å²) in [7, 11) is 0. The van der Waals surface area contributed by atoms with Crippen LogP contribution in [0.15, 0.2) is 52.2 Å². The number of amides is 1. The summed E-state index contributed by atoms with van der Waals surface area (Å²) in [6.45, 7) is 0.322. The van der Waals surface area contributed by atoms with Crippen LogP contribution in [0.4, 0.5) is 4.79 Å². The third-order valence-corrected chi connectivity index (χ3v) is 4.10. The SMILES string of the molecule is N[C@H]1C[C@H](n2ccc(=O)[nH]c2=O)O[C@@H]1CNC(=O)OCc1ccccc1. The zero-order chi connectivity index (χ0) is 18.5. The van der Waals surface area contributed by atoms with Gasteiger partial charge in [-0.05, 0) is 5.56 Å². The summed E-state index contributed by atoms with van der Waals surface area (Å²) in [5.41, 5.74) is 5.87. The van der Waals surface area contributed by atoms with Gasteiger partial charge in [0.15, 0.2) is 0 Å². The molecule has 1 aromatic heterocycles. The molecule has 138 valence electrons. The highest BCUT2D eigenvalue weighted by atomic mass is 16.6. The van der Waals surface area contributed by atoms with Crippen molar-refractivity contribution in [3.8, 4) is 0 Å².